The first-order chi connectivity index (χ1) is 9.22. The zero-order chi connectivity index (χ0) is 13.2. The molecule has 0 radical (unpaired) electrons. The second-order valence-corrected chi connectivity index (χ2v) is 5.31. The van der Waals surface area contributed by atoms with Gasteiger partial charge in [-0.2, -0.15) is 0 Å². The summed E-state index contributed by atoms with van der Waals surface area (Å²) in [7, 11) is 0. The van der Waals surface area contributed by atoms with Crippen LogP contribution in [0.5, 0.6) is 0 Å². The Labute approximate surface area is 115 Å². The van der Waals surface area contributed by atoms with Gasteiger partial charge in [0.25, 0.3) is 5.91 Å². The van der Waals surface area contributed by atoms with E-state index in [1.54, 1.807) is 11.3 Å². The molecule has 0 bridgehead atoms. The molecule has 0 atom stereocenters. The van der Waals surface area contributed by atoms with Crippen LogP contribution in [-0.2, 0) is 4.79 Å². The third-order valence-electron chi connectivity index (χ3n) is 2.81. The number of amides is 1. The number of rotatable bonds is 2. The van der Waals surface area contributed by atoms with Crippen LogP contribution in [0.2, 0.25) is 0 Å². The highest BCUT2D eigenvalue weighted by Crippen LogP contribution is 2.18. The van der Waals surface area contributed by atoms with Gasteiger partial charge in [0.15, 0.2) is 0 Å². The van der Waals surface area contributed by atoms with Gasteiger partial charge in [-0.25, -0.2) is 4.99 Å². The summed E-state index contributed by atoms with van der Waals surface area (Å²) in [6.45, 7) is 2.02. The van der Waals surface area contributed by atoms with Crippen molar-refractivity contribution >= 4 is 29.2 Å². The zero-order valence-electron chi connectivity index (χ0n) is 10.4. The van der Waals surface area contributed by atoms with E-state index in [-0.39, 0.29) is 5.91 Å². The zero-order valence-corrected chi connectivity index (χ0v) is 11.2. The Morgan fingerprint density at radius 1 is 1.26 bits per heavy atom. The summed E-state index contributed by atoms with van der Waals surface area (Å²) < 4.78 is 0. The smallest absolute Gasteiger partial charge is 0.275 e. The maximum Gasteiger partial charge on any atom is 0.275 e. The number of hydrogen-bond donors (Lipinski definition) is 1. The Balaban J connectivity index is 1.95. The third-order valence-corrected chi connectivity index (χ3v) is 3.63. The van der Waals surface area contributed by atoms with Crippen molar-refractivity contribution in [3.8, 4) is 0 Å². The van der Waals surface area contributed by atoms with Crippen LogP contribution >= 0.6 is 11.3 Å². The molecule has 1 aliphatic rings. The first kappa shape index (κ1) is 11.9. The van der Waals surface area contributed by atoms with E-state index in [4.69, 9.17) is 0 Å². The van der Waals surface area contributed by atoms with E-state index < -0.39 is 0 Å². The van der Waals surface area contributed by atoms with Gasteiger partial charge >= 0.3 is 0 Å². The van der Waals surface area contributed by atoms with Gasteiger partial charge in [-0.3, -0.25) is 4.79 Å². The molecule has 3 rings (SSSR count). The summed E-state index contributed by atoms with van der Waals surface area (Å²) >= 11 is 1.59. The first-order valence-electron chi connectivity index (χ1n) is 5.95. The number of nitrogens with one attached hydrogen (secondary N) is 1. The third kappa shape index (κ3) is 2.48. The average molecular weight is 268 g/mol. The monoisotopic (exact) mass is 268 g/mol. The molecule has 0 fully saturated rings. The topological polar surface area (TPSA) is 41.5 Å². The van der Waals surface area contributed by atoms with Crippen molar-refractivity contribution in [2.24, 2.45) is 4.99 Å². The van der Waals surface area contributed by atoms with E-state index in [2.05, 4.69) is 10.3 Å². The number of nitrogens with zero attached hydrogens (tertiary/aromatic N) is 1. The van der Waals surface area contributed by atoms with Crippen molar-refractivity contribution < 1.29 is 4.79 Å². The van der Waals surface area contributed by atoms with E-state index >= 15 is 0 Å². The van der Waals surface area contributed by atoms with Crippen LogP contribution in [0.15, 0.2) is 52.5 Å². The predicted octanol–water partition coefficient (Wildman–Crippen LogP) is 2.97. The molecular weight excluding hydrogens is 256 g/mol. The van der Waals surface area contributed by atoms with Gasteiger partial charge in [-0.1, -0.05) is 29.8 Å². The van der Waals surface area contributed by atoms with Crippen LogP contribution in [0.1, 0.15) is 16.0 Å². The molecule has 2 heterocycles. The van der Waals surface area contributed by atoms with Gasteiger partial charge in [0.05, 0.1) is 0 Å². The molecule has 0 spiro atoms. The number of carbonyl (C=O) groups excluding carboxylic acids is 1. The SMILES string of the molecule is Cc1cccc(C2=N/C(=C/c3cccs3)C(=O)N2)c1. The summed E-state index contributed by atoms with van der Waals surface area (Å²) in [5.41, 5.74) is 2.53. The molecule has 0 saturated carbocycles. The van der Waals surface area contributed by atoms with Crippen molar-refractivity contribution in [3.05, 3.63) is 63.5 Å². The van der Waals surface area contributed by atoms with Crippen LogP contribution in [0.25, 0.3) is 6.08 Å². The van der Waals surface area contributed by atoms with Gasteiger partial charge in [0, 0.05) is 10.4 Å². The van der Waals surface area contributed by atoms with Crippen molar-refractivity contribution in [1.82, 2.24) is 5.32 Å². The number of hydrogen-bond acceptors (Lipinski definition) is 3. The van der Waals surface area contributed by atoms with Gasteiger partial charge in [-0.15, -0.1) is 11.3 Å². The number of aryl methyl sites for hydroxylation is 1. The standard InChI is InChI=1S/C15H12N2OS/c1-10-4-2-5-11(8-10)14-16-13(15(18)17-14)9-12-6-3-7-19-12/h2-9H,1H3,(H,16,17,18)/b13-9+. The maximum atomic E-state index is 11.9. The van der Waals surface area contributed by atoms with Crippen molar-refractivity contribution in [1.29, 1.82) is 0 Å². The van der Waals surface area contributed by atoms with Gasteiger partial charge in [0.1, 0.15) is 11.5 Å². The molecule has 0 saturated heterocycles. The summed E-state index contributed by atoms with van der Waals surface area (Å²) in [6, 6.07) is 11.8. The van der Waals surface area contributed by atoms with Gasteiger partial charge in [0.2, 0.25) is 0 Å². The van der Waals surface area contributed by atoms with Gasteiger partial charge < -0.3 is 5.32 Å². The quantitative estimate of drug-likeness (QED) is 0.836. The highest BCUT2D eigenvalue weighted by molar-refractivity contribution is 7.10. The second kappa shape index (κ2) is 4.82. The summed E-state index contributed by atoms with van der Waals surface area (Å²) in [5, 5.41) is 4.78. The van der Waals surface area contributed by atoms with E-state index in [1.807, 2.05) is 54.8 Å². The minimum atomic E-state index is -0.148. The predicted molar refractivity (Wildman–Crippen MR) is 78.2 cm³/mol. The van der Waals surface area contributed by atoms with Crippen LogP contribution in [-0.4, -0.2) is 11.7 Å². The second-order valence-electron chi connectivity index (χ2n) is 4.33. The fourth-order valence-corrected chi connectivity index (χ4v) is 2.56. The lowest BCUT2D eigenvalue weighted by atomic mass is 10.1. The molecule has 1 amide bonds. The normalized spacial score (nSPS) is 16.6. The molecule has 2 aromatic rings. The number of carbonyl (C=O) groups is 1. The van der Waals surface area contributed by atoms with E-state index in [9.17, 15) is 4.79 Å². The summed E-state index contributed by atoms with van der Waals surface area (Å²) in [6.07, 6.45) is 1.81. The Bertz CT molecular complexity index is 684. The molecule has 19 heavy (non-hydrogen) atoms. The molecule has 94 valence electrons. The molecule has 1 N–H and O–H groups in total. The highest BCUT2D eigenvalue weighted by atomic mass is 32.1. The summed E-state index contributed by atoms with van der Waals surface area (Å²) in [4.78, 5) is 17.3. The summed E-state index contributed by atoms with van der Waals surface area (Å²) in [5.74, 6) is 0.474. The van der Waals surface area contributed by atoms with Crippen molar-refractivity contribution in [2.75, 3.05) is 0 Å². The molecule has 1 aliphatic heterocycles. The minimum Gasteiger partial charge on any atom is -0.305 e. The van der Waals surface area contributed by atoms with Crippen molar-refractivity contribution in [2.45, 2.75) is 6.92 Å². The molecule has 3 nitrogen and oxygen atoms in total. The van der Waals surface area contributed by atoms with Crippen LogP contribution in [0.3, 0.4) is 0 Å². The maximum absolute atomic E-state index is 11.9. The average Bonchev–Trinajstić information content (AvgIpc) is 3.01. The lowest BCUT2D eigenvalue weighted by molar-refractivity contribution is -0.115. The Hall–Kier alpha value is -2.20. The first-order valence-corrected chi connectivity index (χ1v) is 6.82. The molecule has 0 unspecified atom stereocenters. The van der Waals surface area contributed by atoms with E-state index in [1.165, 1.54) is 0 Å². The molecular formula is C15H12N2OS. The Morgan fingerprint density at radius 3 is 2.89 bits per heavy atom. The molecule has 0 aliphatic carbocycles. The minimum absolute atomic E-state index is 0.148. The Morgan fingerprint density at radius 2 is 2.16 bits per heavy atom. The van der Waals surface area contributed by atoms with E-state index in [0.717, 1.165) is 16.0 Å². The van der Waals surface area contributed by atoms with Crippen LogP contribution < -0.4 is 5.32 Å². The largest absolute Gasteiger partial charge is 0.305 e. The van der Waals surface area contributed by atoms with Gasteiger partial charge in [-0.05, 0) is 30.5 Å². The fourth-order valence-electron chi connectivity index (χ4n) is 1.91. The van der Waals surface area contributed by atoms with Crippen molar-refractivity contribution in [3.63, 3.8) is 0 Å². The van der Waals surface area contributed by atoms with E-state index in [0.29, 0.717) is 11.5 Å². The van der Waals surface area contributed by atoms with Crippen LogP contribution in [0.4, 0.5) is 0 Å². The fraction of sp³-hybridized carbons (Fsp3) is 0.0667. The number of benzene rings is 1. The lowest BCUT2D eigenvalue weighted by Crippen LogP contribution is -2.24. The number of thiophene rings is 1. The lowest BCUT2D eigenvalue weighted by Gasteiger charge is -2.00. The molecule has 4 heteroatoms. The highest BCUT2D eigenvalue weighted by Gasteiger charge is 2.21. The number of amidine groups is 1. The molecule has 1 aromatic carbocycles. The molecule has 1 aromatic heterocycles. The Kier molecular flexibility index (Phi) is 3.01. The number of aliphatic imine (C=N–C) groups is 1. The van der Waals surface area contributed by atoms with Crippen LogP contribution in [0, 0.1) is 6.92 Å².